The monoisotopic (exact) mass is 268 g/mol. The van der Waals surface area contributed by atoms with Gasteiger partial charge >= 0.3 is 0 Å². The summed E-state index contributed by atoms with van der Waals surface area (Å²) >= 11 is 6.00. The number of ether oxygens (including phenoxy) is 1. The number of nitrogens with zero attached hydrogens (tertiary/aromatic N) is 1. The zero-order valence-electron chi connectivity index (χ0n) is 10.9. The van der Waals surface area contributed by atoms with E-state index in [1.165, 1.54) is 32.4 Å². The van der Waals surface area contributed by atoms with Crippen LogP contribution in [0.2, 0.25) is 5.02 Å². The van der Waals surface area contributed by atoms with Crippen molar-refractivity contribution < 1.29 is 4.74 Å². The first-order valence-electron chi connectivity index (χ1n) is 6.59. The highest BCUT2D eigenvalue weighted by atomic mass is 35.5. The molecule has 0 unspecified atom stereocenters. The summed E-state index contributed by atoms with van der Waals surface area (Å²) < 4.78 is 5.31. The van der Waals surface area contributed by atoms with E-state index >= 15 is 0 Å². The van der Waals surface area contributed by atoms with Crippen molar-refractivity contribution in [3.05, 3.63) is 23.2 Å². The average Bonchev–Trinajstić information content (AvgIpc) is 2.40. The van der Waals surface area contributed by atoms with Gasteiger partial charge in [-0.25, -0.2) is 0 Å². The van der Waals surface area contributed by atoms with Crippen LogP contribution in [0.4, 0.5) is 5.69 Å². The van der Waals surface area contributed by atoms with E-state index in [4.69, 9.17) is 16.3 Å². The lowest BCUT2D eigenvalue weighted by atomic mass is 10.1. The van der Waals surface area contributed by atoms with Crippen LogP contribution in [0.3, 0.4) is 0 Å². The normalized spacial score (nSPS) is 16.6. The number of piperidine rings is 1. The Morgan fingerprint density at radius 3 is 2.78 bits per heavy atom. The zero-order valence-corrected chi connectivity index (χ0v) is 11.7. The molecule has 0 aliphatic carbocycles. The number of halogens is 1. The van der Waals surface area contributed by atoms with Gasteiger partial charge in [0.05, 0.1) is 12.8 Å². The van der Waals surface area contributed by atoms with Crippen LogP contribution in [-0.2, 0) is 0 Å². The van der Waals surface area contributed by atoms with Gasteiger partial charge in [0.2, 0.25) is 0 Å². The summed E-state index contributed by atoms with van der Waals surface area (Å²) in [7, 11) is 1.68. The Morgan fingerprint density at radius 2 is 2.06 bits per heavy atom. The molecule has 0 amide bonds. The molecule has 1 fully saturated rings. The standard InChI is InChI=1S/C14H21ClN2O/c1-18-14-6-5-12(15)11-13(14)16-7-10-17-8-3-2-4-9-17/h5-6,11,16H,2-4,7-10H2,1H3. The van der Waals surface area contributed by atoms with Gasteiger partial charge in [0.15, 0.2) is 0 Å². The third-order valence-electron chi connectivity index (χ3n) is 3.35. The maximum Gasteiger partial charge on any atom is 0.142 e. The van der Waals surface area contributed by atoms with Gasteiger partial charge in [-0.1, -0.05) is 18.0 Å². The minimum absolute atomic E-state index is 0.733. The highest BCUT2D eigenvalue weighted by Gasteiger charge is 2.09. The van der Waals surface area contributed by atoms with E-state index in [1.807, 2.05) is 18.2 Å². The summed E-state index contributed by atoms with van der Waals surface area (Å²) in [6.45, 7) is 4.47. The second-order valence-electron chi connectivity index (χ2n) is 4.67. The molecule has 0 saturated carbocycles. The van der Waals surface area contributed by atoms with Crippen LogP contribution in [0.15, 0.2) is 18.2 Å². The lowest BCUT2D eigenvalue weighted by Crippen LogP contribution is -2.33. The molecule has 0 atom stereocenters. The summed E-state index contributed by atoms with van der Waals surface area (Å²) in [5.74, 6) is 0.845. The minimum atomic E-state index is 0.733. The molecule has 18 heavy (non-hydrogen) atoms. The topological polar surface area (TPSA) is 24.5 Å². The van der Waals surface area contributed by atoms with Crippen molar-refractivity contribution in [2.75, 3.05) is 38.6 Å². The predicted molar refractivity (Wildman–Crippen MR) is 76.8 cm³/mol. The predicted octanol–water partition coefficient (Wildman–Crippen LogP) is 3.25. The van der Waals surface area contributed by atoms with Gasteiger partial charge in [-0.2, -0.15) is 0 Å². The van der Waals surface area contributed by atoms with Crippen molar-refractivity contribution in [3.8, 4) is 5.75 Å². The molecule has 100 valence electrons. The largest absolute Gasteiger partial charge is 0.495 e. The Hall–Kier alpha value is -0.930. The molecule has 1 heterocycles. The number of nitrogens with one attached hydrogen (secondary N) is 1. The maximum absolute atomic E-state index is 6.00. The fourth-order valence-electron chi connectivity index (χ4n) is 2.35. The van der Waals surface area contributed by atoms with Gasteiger partial charge in [0.1, 0.15) is 5.75 Å². The summed E-state index contributed by atoms with van der Waals surface area (Å²) in [5.41, 5.74) is 0.974. The van der Waals surface area contributed by atoms with Gasteiger partial charge in [-0.15, -0.1) is 0 Å². The van der Waals surface area contributed by atoms with Gasteiger partial charge in [0.25, 0.3) is 0 Å². The molecular formula is C14H21ClN2O. The highest BCUT2D eigenvalue weighted by Crippen LogP contribution is 2.27. The van der Waals surface area contributed by atoms with E-state index in [9.17, 15) is 0 Å². The first kappa shape index (κ1) is 13.5. The first-order chi connectivity index (χ1) is 8.79. The lowest BCUT2D eigenvalue weighted by molar-refractivity contribution is 0.237. The number of hydrogen-bond acceptors (Lipinski definition) is 3. The molecule has 3 nitrogen and oxygen atoms in total. The molecule has 1 aromatic rings. The van der Waals surface area contributed by atoms with Crippen LogP contribution in [0.1, 0.15) is 19.3 Å². The second kappa shape index (κ2) is 6.86. The summed E-state index contributed by atoms with van der Waals surface area (Å²) in [6, 6.07) is 5.65. The van der Waals surface area contributed by atoms with Gasteiger partial charge in [0, 0.05) is 18.1 Å². The molecule has 0 radical (unpaired) electrons. The highest BCUT2D eigenvalue weighted by molar-refractivity contribution is 6.30. The summed E-state index contributed by atoms with van der Waals surface area (Å²) in [6.07, 6.45) is 4.05. The molecule has 1 N–H and O–H groups in total. The quantitative estimate of drug-likeness (QED) is 0.887. The summed E-state index contributed by atoms with van der Waals surface area (Å²) in [4.78, 5) is 2.51. The van der Waals surface area contributed by atoms with Crippen molar-refractivity contribution >= 4 is 17.3 Å². The fourth-order valence-corrected chi connectivity index (χ4v) is 2.52. The van der Waals surface area contributed by atoms with Crippen molar-refractivity contribution in [2.45, 2.75) is 19.3 Å². The van der Waals surface area contributed by atoms with E-state index in [2.05, 4.69) is 10.2 Å². The van der Waals surface area contributed by atoms with E-state index in [0.29, 0.717) is 0 Å². The van der Waals surface area contributed by atoms with E-state index in [1.54, 1.807) is 7.11 Å². The molecule has 1 saturated heterocycles. The number of anilines is 1. The number of likely N-dealkylation sites (tertiary alicyclic amines) is 1. The first-order valence-corrected chi connectivity index (χ1v) is 6.97. The average molecular weight is 269 g/mol. The number of hydrogen-bond donors (Lipinski definition) is 1. The van der Waals surface area contributed by atoms with Crippen molar-refractivity contribution in [3.63, 3.8) is 0 Å². The maximum atomic E-state index is 6.00. The Kier molecular flexibility index (Phi) is 5.14. The molecule has 2 rings (SSSR count). The number of benzene rings is 1. The smallest absolute Gasteiger partial charge is 0.142 e. The van der Waals surface area contributed by atoms with E-state index in [0.717, 1.165) is 29.5 Å². The van der Waals surface area contributed by atoms with Crippen molar-refractivity contribution in [1.29, 1.82) is 0 Å². The van der Waals surface area contributed by atoms with Gasteiger partial charge < -0.3 is 15.0 Å². The third-order valence-corrected chi connectivity index (χ3v) is 3.59. The lowest BCUT2D eigenvalue weighted by Gasteiger charge is -2.26. The fraction of sp³-hybridized carbons (Fsp3) is 0.571. The van der Waals surface area contributed by atoms with Crippen LogP contribution < -0.4 is 10.1 Å². The third kappa shape index (κ3) is 3.79. The number of rotatable bonds is 5. The zero-order chi connectivity index (χ0) is 12.8. The Bertz CT molecular complexity index is 378. The Morgan fingerprint density at radius 1 is 1.28 bits per heavy atom. The molecule has 0 aromatic heterocycles. The number of methoxy groups -OCH3 is 1. The van der Waals surface area contributed by atoms with Crippen molar-refractivity contribution in [2.24, 2.45) is 0 Å². The van der Waals surface area contributed by atoms with Gasteiger partial charge in [-0.3, -0.25) is 0 Å². The molecule has 1 aliphatic heterocycles. The van der Waals surface area contributed by atoms with Crippen LogP contribution in [0.5, 0.6) is 5.75 Å². The molecular weight excluding hydrogens is 248 g/mol. The minimum Gasteiger partial charge on any atom is -0.495 e. The second-order valence-corrected chi connectivity index (χ2v) is 5.11. The van der Waals surface area contributed by atoms with Crippen LogP contribution in [-0.4, -0.2) is 38.2 Å². The van der Waals surface area contributed by atoms with Crippen LogP contribution >= 0.6 is 11.6 Å². The van der Waals surface area contributed by atoms with Gasteiger partial charge in [-0.05, 0) is 44.1 Å². The van der Waals surface area contributed by atoms with Crippen molar-refractivity contribution in [1.82, 2.24) is 4.90 Å². The van der Waals surface area contributed by atoms with Crippen LogP contribution in [0.25, 0.3) is 0 Å². The molecule has 1 aromatic carbocycles. The Labute approximate surface area is 114 Å². The molecule has 4 heteroatoms. The van der Waals surface area contributed by atoms with E-state index in [-0.39, 0.29) is 0 Å². The molecule has 0 spiro atoms. The molecule has 0 bridgehead atoms. The molecule has 1 aliphatic rings. The SMILES string of the molecule is COc1ccc(Cl)cc1NCCN1CCCCC1. The summed E-state index contributed by atoms with van der Waals surface area (Å²) in [5, 5.41) is 4.13. The van der Waals surface area contributed by atoms with Crippen LogP contribution in [0, 0.1) is 0 Å². The Balaban J connectivity index is 1.83. The van der Waals surface area contributed by atoms with E-state index < -0.39 is 0 Å².